The lowest BCUT2D eigenvalue weighted by Crippen LogP contribution is -2.54. The number of ether oxygens (including phenoxy) is 1. The van der Waals surface area contributed by atoms with Crippen LogP contribution in [0.15, 0.2) is 12.3 Å². The molecule has 10 heteroatoms. The van der Waals surface area contributed by atoms with E-state index < -0.39 is 35.6 Å². The number of piperidine rings is 1. The Balaban J connectivity index is 2.11. The molecule has 0 bridgehead atoms. The highest BCUT2D eigenvalue weighted by molar-refractivity contribution is 6.33. The number of nitrogens with one attached hydrogen (secondary N) is 1. The van der Waals surface area contributed by atoms with Gasteiger partial charge in [-0.15, -0.1) is 0 Å². The van der Waals surface area contributed by atoms with Crippen LogP contribution < -0.4 is 10.2 Å². The van der Waals surface area contributed by atoms with Crippen molar-refractivity contribution in [2.45, 2.75) is 51.2 Å². The van der Waals surface area contributed by atoms with Crippen LogP contribution in [0, 0.1) is 0 Å². The molecule has 5 nitrogen and oxygen atoms in total. The van der Waals surface area contributed by atoms with E-state index in [-0.39, 0.29) is 30.4 Å². The van der Waals surface area contributed by atoms with Crippen LogP contribution in [0.4, 0.5) is 28.2 Å². The van der Waals surface area contributed by atoms with Crippen molar-refractivity contribution >= 4 is 23.5 Å². The second-order valence-corrected chi connectivity index (χ2v) is 7.44. The van der Waals surface area contributed by atoms with E-state index in [1.807, 2.05) is 0 Å². The standard InChI is InChI=1S/C16H20ClF4N3O2/c1-15(2,3)26-14(25)23-12-8-24(5-4-11(12)18)13-10(17)6-9(7-22-13)16(19,20)21/h6-7,11-12H,4-5,8H2,1-3H3,(H,23,25)/t11-,12+/m1/s1. The topological polar surface area (TPSA) is 54.5 Å². The van der Waals surface area contributed by atoms with Gasteiger partial charge in [-0.2, -0.15) is 13.2 Å². The minimum Gasteiger partial charge on any atom is -0.444 e. The zero-order chi connectivity index (χ0) is 19.7. The molecule has 1 amide bonds. The average molecular weight is 398 g/mol. The highest BCUT2D eigenvalue weighted by Crippen LogP contribution is 2.34. The van der Waals surface area contributed by atoms with Crippen molar-refractivity contribution < 1.29 is 27.1 Å². The van der Waals surface area contributed by atoms with Crippen molar-refractivity contribution in [2.75, 3.05) is 18.0 Å². The summed E-state index contributed by atoms with van der Waals surface area (Å²) in [4.78, 5) is 17.2. The van der Waals surface area contributed by atoms with Gasteiger partial charge in [0.15, 0.2) is 0 Å². The van der Waals surface area contributed by atoms with Gasteiger partial charge in [0.25, 0.3) is 0 Å². The molecule has 1 aromatic rings. The number of aromatic nitrogens is 1. The number of alkyl halides is 4. The number of carbonyl (C=O) groups excluding carboxylic acids is 1. The van der Waals surface area contributed by atoms with Crippen LogP contribution in [-0.2, 0) is 10.9 Å². The molecule has 2 rings (SSSR count). The van der Waals surface area contributed by atoms with Crippen LogP contribution in [0.2, 0.25) is 5.02 Å². The molecule has 0 aromatic carbocycles. The summed E-state index contributed by atoms with van der Waals surface area (Å²) in [6.45, 7) is 5.26. The fraction of sp³-hybridized carbons (Fsp3) is 0.625. The minimum absolute atomic E-state index is 0.0124. The van der Waals surface area contributed by atoms with Crippen LogP contribution in [-0.4, -0.2) is 42.0 Å². The predicted molar refractivity (Wildman–Crippen MR) is 89.1 cm³/mol. The molecule has 1 aromatic heterocycles. The number of pyridine rings is 1. The molecule has 0 aliphatic carbocycles. The molecule has 1 N–H and O–H groups in total. The van der Waals surface area contributed by atoms with E-state index in [9.17, 15) is 22.4 Å². The second-order valence-electron chi connectivity index (χ2n) is 7.03. The van der Waals surface area contributed by atoms with Gasteiger partial charge in [0.1, 0.15) is 17.6 Å². The Morgan fingerprint density at radius 3 is 2.58 bits per heavy atom. The van der Waals surface area contributed by atoms with Crippen LogP contribution in [0.3, 0.4) is 0 Å². The summed E-state index contributed by atoms with van der Waals surface area (Å²) in [6.07, 6.45) is -5.88. The Morgan fingerprint density at radius 1 is 1.38 bits per heavy atom. The molecule has 0 saturated carbocycles. The van der Waals surface area contributed by atoms with Crippen LogP contribution >= 0.6 is 11.6 Å². The molecular formula is C16H20ClF4N3O2. The average Bonchev–Trinajstić information content (AvgIpc) is 2.46. The molecule has 146 valence electrons. The van der Waals surface area contributed by atoms with Crippen molar-refractivity contribution in [3.63, 3.8) is 0 Å². The largest absolute Gasteiger partial charge is 0.444 e. The van der Waals surface area contributed by atoms with Crippen molar-refractivity contribution in [3.05, 3.63) is 22.8 Å². The van der Waals surface area contributed by atoms with Crippen molar-refractivity contribution in [2.24, 2.45) is 0 Å². The zero-order valence-electron chi connectivity index (χ0n) is 14.5. The van der Waals surface area contributed by atoms with E-state index in [0.717, 1.165) is 6.07 Å². The number of carbonyl (C=O) groups is 1. The van der Waals surface area contributed by atoms with E-state index in [4.69, 9.17) is 16.3 Å². The van der Waals surface area contributed by atoms with Gasteiger partial charge in [-0.3, -0.25) is 0 Å². The van der Waals surface area contributed by atoms with Gasteiger partial charge in [-0.25, -0.2) is 14.2 Å². The third-order valence-electron chi connectivity index (χ3n) is 3.68. The Labute approximate surface area is 153 Å². The summed E-state index contributed by atoms with van der Waals surface area (Å²) < 4.78 is 57.4. The van der Waals surface area contributed by atoms with E-state index in [1.54, 1.807) is 25.7 Å². The maximum atomic E-state index is 14.2. The number of rotatable bonds is 2. The monoisotopic (exact) mass is 397 g/mol. The highest BCUT2D eigenvalue weighted by atomic mass is 35.5. The lowest BCUT2D eigenvalue weighted by molar-refractivity contribution is -0.137. The molecular weight excluding hydrogens is 378 g/mol. The van der Waals surface area contributed by atoms with Crippen LogP contribution in [0.1, 0.15) is 32.8 Å². The zero-order valence-corrected chi connectivity index (χ0v) is 15.3. The number of nitrogens with zero attached hydrogens (tertiary/aromatic N) is 2. The molecule has 1 aliphatic rings. The number of alkyl carbamates (subject to hydrolysis) is 1. The summed E-state index contributed by atoms with van der Waals surface area (Å²) in [6, 6.07) is -0.111. The SMILES string of the molecule is CC(C)(C)OC(=O)N[C@H]1CN(c2ncc(C(F)(F)F)cc2Cl)CC[C@H]1F. The first-order valence-electron chi connectivity index (χ1n) is 7.98. The first-order chi connectivity index (χ1) is 11.9. The molecule has 0 unspecified atom stereocenters. The molecule has 0 radical (unpaired) electrons. The van der Waals surface area contributed by atoms with Gasteiger partial charge in [0.2, 0.25) is 0 Å². The minimum atomic E-state index is -4.55. The number of hydrogen-bond donors (Lipinski definition) is 1. The van der Waals surface area contributed by atoms with Crippen molar-refractivity contribution in [3.8, 4) is 0 Å². The van der Waals surface area contributed by atoms with Gasteiger partial charge >= 0.3 is 12.3 Å². The molecule has 1 saturated heterocycles. The Morgan fingerprint density at radius 2 is 2.04 bits per heavy atom. The molecule has 2 atom stereocenters. The Bertz CT molecular complexity index is 664. The fourth-order valence-corrected chi connectivity index (χ4v) is 2.82. The van der Waals surface area contributed by atoms with E-state index in [2.05, 4.69) is 10.3 Å². The first kappa shape index (κ1) is 20.5. The van der Waals surface area contributed by atoms with Crippen LogP contribution in [0.5, 0.6) is 0 Å². The number of halogens is 5. The third kappa shape index (κ3) is 5.36. The summed E-state index contributed by atoms with van der Waals surface area (Å²) in [5.74, 6) is 0.113. The third-order valence-corrected chi connectivity index (χ3v) is 3.96. The quantitative estimate of drug-likeness (QED) is 0.760. The van der Waals surface area contributed by atoms with Gasteiger partial charge < -0.3 is 15.0 Å². The van der Waals surface area contributed by atoms with Crippen molar-refractivity contribution in [1.29, 1.82) is 0 Å². The van der Waals surface area contributed by atoms with Gasteiger partial charge in [-0.1, -0.05) is 11.6 Å². The van der Waals surface area contributed by atoms with E-state index in [0.29, 0.717) is 6.20 Å². The Kier molecular flexibility index (Phi) is 5.89. The van der Waals surface area contributed by atoms with Crippen LogP contribution in [0.25, 0.3) is 0 Å². The lowest BCUT2D eigenvalue weighted by atomic mass is 10.0. The highest BCUT2D eigenvalue weighted by Gasteiger charge is 2.35. The predicted octanol–water partition coefficient (Wildman–Crippen LogP) is 4.20. The smallest absolute Gasteiger partial charge is 0.417 e. The maximum absolute atomic E-state index is 14.2. The summed E-state index contributed by atoms with van der Waals surface area (Å²) in [5.41, 5.74) is -1.70. The Hall–Kier alpha value is -1.77. The first-order valence-corrected chi connectivity index (χ1v) is 8.36. The van der Waals surface area contributed by atoms with E-state index >= 15 is 0 Å². The number of amides is 1. The molecule has 0 spiro atoms. The van der Waals surface area contributed by atoms with Gasteiger partial charge in [0.05, 0.1) is 16.6 Å². The normalized spacial score (nSPS) is 21.5. The number of hydrogen-bond acceptors (Lipinski definition) is 4. The summed E-state index contributed by atoms with van der Waals surface area (Å²) >= 11 is 5.94. The molecule has 1 aliphatic heterocycles. The summed E-state index contributed by atoms with van der Waals surface area (Å²) in [7, 11) is 0. The lowest BCUT2D eigenvalue weighted by Gasteiger charge is -2.36. The second kappa shape index (κ2) is 7.46. The van der Waals surface area contributed by atoms with Gasteiger partial charge in [0, 0.05) is 19.3 Å². The van der Waals surface area contributed by atoms with E-state index in [1.165, 1.54) is 0 Å². The number of anilines is 1. The maximum Gasteiger partial charge on any atom is 0.417 e. The fourth-order valence-electron chi connectivity index (χ4n) is 2.53. The molecule has 26 heavy (non-hydrogen) atoms. The van der Waals surface area contributed by atoms with Crippen molar-refractivity contribution in [1.82, 2.24) is 10.3 Å². The molecule has 1 fully saturated rings. The summed E-state index contributed by atoms with van der Waals surface area (Å²) in [5, 5.41) is 2.26. The molecule has 2 heterocycles. The van der Waals surface area contributed by atoms with Gasteiger partial charge in [-0.05, 0) is 33.3 Å².